The standard InChI is InChI=1S/C23H26N4O3S2/c1-15-5-7-19(12-22(15)32(29,30)26(3)4)25-23(28)13-27-10-9-18-11-17(6-8-21(18)27)20-14-31-16(2)24-20/h5-8,11-12,14H,9-10,13H2,1-4H3,(H,25,28). The molecule has 0 saturated heterocycles. The summed E-state index contributed by atoms with van der Waals surface area (Å²) >= 11 is 1.63. The highest BCUT2D eigenvalue weighted by Gasteiger charge is 2.23. The summed E-state index contributed by atoms with van der Waals surface area (Å²) in [6, 6.07) is 11.2. The number of fused-ring (bicyclic) bond motifs is 1. The summed E-state index contributed by atoms with van der Waals surface area (Å²) in [5, 5.41) is 5.94. The molecule has 3 aromatic rings. The lowest BCUT2D eigenvalue weighted by Gasteiger charge is -2.19. The van der Waals surface area contributed by atoms with Crippen LogP contribution in [-0.2, 0) is 21.2 Å². The van der Waals surface area contributed by atoms with Crippen molar-refractivity contribution < 1.29 is 13.2 Å². The van der Waals surface area contributed by atoms with Crippen molar-refractivity contribution in [3.05, 3.63) is 57.9 Å². The van der Waals surface area contributed by atoms with Gasteiger partial charge in [-0.15, -0.1) is 11.3 Å². The topological polar surface area (TPSA) is 82.6 Å². The number of rotatable bonds is 6. The van der Waals surface area contributed by atoms with E-state index in [9.17, 15) is 13.2 Å². The number of sulfonamides is 1. The van der Waals surface area contributed by atoms with Crippen molar-refractivity contribution >= 4 is 38.6 Å². The molecule has 1 aliphatic rings. The van der Waals surface area contributed by atoms with Crippen LogP contribution in [-0.4, -0.2) is 50.8 Å². The van der Waals surface area contributed by atoms with Crippen LogP contribution in [0.2, 0.25) is 0 Å². The second kappa shape index (κ2) is 8.65. The largest absolute Gasteiger partial charge is 0.362 e. The number of anilines is 2. The maximum absolute atomic E-state index is 12.7. The summed E-state index contributed by atoms with van der Waals surface area (Å²) in [6.07, 6.45) is 0.870. The summed E-state index contributed by atoms with van der Waals surface area (Å²) in [5.74, 6) is -0.186. The van der Waals surface area contributed by atoms with Gasteiger partial charge >= 0.3 is 0 Å². The highest BCUT2D eigenvalue weighted by atomic mass is 32.2. The summed E-state index contributed by atoms with van der Waals surface area (Å²) in [7, 11) is -0.603. The molecule has 2 aromatic carbocycles. The third-order valence-corrected chi connectivity index (χ3v) is 8.28. The molecule has 1 N–H and O–H groups in total. The molecule has 2 heterocycles. The van der Waals surface area contributed by atoms with Crippen molar-refractivity contribution in [1.29, 1.82) is 0 Å². The van der Waals surface area contributed by atoms with Gasteiger partial charge in [0.05, 0.1) is 22.1 Å². The van der Waals surface area contributed by atoms with Gasteiger partial charge in [-0.3, -0.25) is 4.79 Å². The van der Waals surface area contributed by atoms with Crippen molar-refractivity contribution in [2.75, 3.05) is 37.4 Å². The lowest BCUT2D eigenvalue weighted by atomic mass is 10.1. The van der Waals surface area contributed by atoms with Crippen LogP contribution in [0.25, 0.3) is 11.3 Å². The molecule has 0 radical (unpaired) electrons. The molecule has 0 atom stereocenters. The van der Waals surface area contributed by atoms with E-state index >= 15 is 0 Å². The fourth-order valence-electron chi connectivity index (χ4n) is 3.82. The summed E-state index contributed by atoms with van der Waals surface area (Å²) < 4.78 is 26.2. The fourth-order valence-corrected chi connectivity index (χ4v) is 5.58. The van der Waals surface area contributed by atoms with Crippen LogP contribution in [0, 0.1) is 13.8 Å². The van der Waals surface area contributed by atoms with Crippen molar-refractivity contribution in [3.8, 4) is 11.3 Å². The van der Waals surface area contributed by atoms with Crippen molar-refractivity contribution in [3.63, 3.8) is 0 Å². The first-order valence-electron chi connectivity index (χ1n) is 10.3. The van der Waals surface area contributed by atoms with Gasteiger partial charge in [0.1, 0.15) is 0 Å². The molecule has 0 fully saturated rings. The second-order valence-corrected chi connectivity index (χ2v) is 11.3. The number of hydrogen-bond donors (Lipinski definition) is 1. The van der Waals surface area contributed by atoms with Gasteiger partial charge in [0.15, 0.2) is 0 Å². The molecule has 168 valence electrons. The van der Waals surface area contributed by atoms with Gasteiger partial charge in [-0.2, -0.15) is 0 Å². The molecular formula is C23H26N4O3S2. The Labute approximate surface area is 192 Å². The third-order valence-electron chi connectivity index (χ3n) is 5.55. The van der Waals surface area contributed by atoms with Crippen molar-refractivity contribution in [1.82, 2.24) is 9.29 Å². The van der Waals surface area contributed by atoms with Crippen LogP contribution in [0.15, 0.2) is 46.7 Å². The Hall–Kier alpha value is -2.75. The van der Waals surface area contributed by atoms with E-state index in [-0.39, 0.29) is 17.3 Å². The average Bonchev–Trinajstić information content (AvgIpc) is 3.35. The zero-order chi connectivity index (χ0) is 23.0. The maximum Gasteiger partial charge on any atom is 0.243 e. The Morgan fingerprint density at radius 1 is 1.19 bits per heavy atom. The Morgan fingerprint density at radius 2 is 1.97 bits per heavy atom. The van der Waals surface area contributed by atoms with Crippen LogP contribution >= 0.6 is 11.3 Å². The quantitative estimate of drug-likeness (QED) is 0.594. The SMILES string of the molecule is Cc1nc(-c2ccc3c(c2)CCN3CC(=O)Nc2ccc(C)c(S(=O)(=O)N(C)C)c2)cs1. The minimum atomic E-state index is -3.59. The third kappa shape index (κ3) is 4.41. The highest BCUT2D eigenvalue weighted by molar-refractivity contribution is 7.89. The minimum Gasteiger partial charge on any atom is -0.362 e. The van der Waals surface area contributed by atoms with E-state index in [1.807, 2.05) is 24.0 Å². The van der Waals surface area contributed by atoms with Gasteiger partial charge in [0.2, 0.25) is 15.9 Å². The first-order chi connectivity index (χ1) is 15.1. The lowest BCUT2D eigenvalue weighted by Crippen LogP contribution is -2.32. The minimum absolute atomic E-state index is 0.186. The van der Waals surface area contributed by atoms with Crippen molar-refractivity contribution in [2.24, 2.45) is 0 Å². The normalized spacial score (nSPS) is 13.5. The summed E-state index contributed by atoms with van der Waals surface area (Å²) in [6.45, 7) is 4.70. The smallest absolute Gasteiger partial charge is 0.243 e. The monoisotopic (exact) mass is 470 g/mol. The molecule has 7 nitrogen and oxygen atoms in total. The molecule has 9 heteroatoms. The van der Waals surface area contributed by atoms with Gasteiger partial charge in [-0.25, -0.2) is 17.7 Å². The van der Waals surface area contributed by atoms with Gasteiger partial charge in [-0.1, -0.05) is 12.1 Å². The zero-order valence-corrected chi connectivity index (χ0v) is 20.2. The fraction of sp³-hybridized carbons (Fsp3) is 0.304. The van der Waals surface area contributed by atoms with E-state index in [1.165, 1.54) is 30.0 Å². The predicted octanol–water partition coefficient (Wildman–Crippen LogP) is 3.68. The number of carbonyl (C=O) groups is 1. The number of benzene rings is 2. The van der Waals surface area contributed by atoms with Crippen LogP contribution in [0.4, 0.5) is 11.4 Å². The first kappa shape index (κ1) is 22.4. The zero-order valence-electron chi connectivity index (χ0n) is 18.5. The number of nitrogens with one attached hydrogen (secondary N) is 1. The average molecular weight is 471 g/mol. The molecular weight excluding hydrogens is 444 g/mol. The summed E-state index contributed by atoms with van der Waals surface area (Å²) in [4.78, 5) is 19.5. The molecule has 0 bridgehead atoms. The van der Waals surface area contributed by atoms with Gasteiger partial charge < -0.3 is 10.2 Å². The van der Waals surface area contributed by atoms with E-state index in [0.29, 0.717) is 11.3 Å². The predicted molar refractivity (Wildman–Crippen MR) is 129 cm³/mol. The number of aryl methyl sites for hydroxylation is 2. The molecule has 4 rings (SSSR count). The van der Waals surface area contributed by atoms with Crippen LogP contribution in [0.3, 0.4) is 0 Å². The number of carbonyl (C=O) groups excluding carboxylic acids is 1. The molecule has 0 unspecified atom stereocenters. The number of hydrogen-bond acceptors (Lipinski definition) is 6. The number of nitrogens with zero attached hydrogens (tertiary/aromatic N) is 3. The molecule has 32 heavy (non-hydrogen) atoms. The van der Waals surface area contributed by atoms with Gasteiger partial charge in [-0.05, 0) is 55.7 Å². The Balaban J connectivity index is 1.47. The van der Waals surface area contributed by atoms with E-state index in [4.69, 9.17) is 0 Å². The molecule has 1 amide bonds. The highest BCUT2D eigenvalue weighted by Crippen LogP contribution is 2.32. The molecule has 0 aliphatic carbocycles. The Morgan fingerprint density at radius 3 is 2.66 bits per heavy atom. The van der Waals surface area contributed by atoms with Crippen LogP contribution in [0.5, 0.6) is 0 Å². The van der Waals surface area contributed by atoms with Crippen LogP contribution in [0.1, 0.15) is 16.1 Å². The maximum atomic E-state index is 12.7. The van der Waals surface area contributed by atoms with E-state index in [1.54, 1.807) is 30.4 Å². The van der Waals surface area contributed by atoms with Crippen molar-refractivity contribution in [2.45, 2.75) is 25.2 Å². The number of aromatic nitrogens is 1. The van der Waals surface area contributed by atoms with E-state index in [0.717, 1.165) is 34.9 Å². The lowest BCUT2D eigenvalue weighted by molar-refractivity contribution is -0.115. The second-order valence-electron chi connectivity index (χ2n) is 8.08. The van der Waals surface area contributed by atoms with Gasteiger partial charge in [0, 0.05) is 43.0 Å². The Bertz CT molecular complexity index is 1280. The number of amides is 1. The molecule has 0 saturated carbocycles. The molecule has 0 spiro atoms. The molecule has 1 aliphatic heterocycles. The van der Waals surface area contributed by atoms with E-state index in [2.05, 4.69) is 21.7 Å². The first-order valence-corrected chi connectivity index (χ1v) is 12.6. The van der Waals surface area contributed by atoms with E-state index < -0.39 is 10.0 Å². The molecule has 1 aromatic heterocycles. The summed E-state index contributed by atoms with van der Waals surface area (Å²) in [5.41, 5.74) is 5.43. The van der Waals surface area contributed by atoms with Gasteiger partial charge in [0.25, 0.3) is 0 Å². The van der Waals surface area contributed by atoms with Crippen LogP contribution < -0.4 is 10.2 Å². The Kier molecular flexibility index (Phi) is 6.07. The number of thiazole rings is 1.